The van der Waals surface area contributed by atoms with Crippen LogP contribution in [0.5, 0.6) is 0 Å². The van der Waals surface area contributed by atoms with Crippen molar-refractivity contribution in [3.05, 3.63) is 99.8 Å². The lowest BCUT2D eigenvalue weighted by molar-refractivity contribution is 0.0942. The summed E-state index contributed by atoms with van der Waals surface area (Å²) in [6.45, 7) is 0. The smallest absolute Gasteiger partial charge is 0.252 e. The van der Waals surface area contributed by atoms with E-state index >= 15 is 0 Å². The first-order chi connectivity index (χ1) is 11.6. The minimum absolute atomic E-state index is 0.265. The lowest BCUT2D eigenvalue weighted by Crippen LogP contribution is -2.29. The first-order valence-electron chi connectivity index (χ1n) is 7.36. The SMILES string of the molecule is O=C(NC(c1ccccc1)c1ccccn1)c1cc(Cl)cc(Cl)c1. The number of hydrogen-bond acceptors (Lipinski definition) is 2. The summed E-state index contributed by atoms with van der Waals surface area (Å²) in [6, 6.07) is 19.7. The Morgan fingerprint density at radius 1 is 0.917 bits per heavy atom. The number of halogens is 2. The summed E-state index contributed by atoms with van der Waals surface area (Å²) < 4.78 is 0. The highest BCUT2D eigenvalue weighted by Gasteiger charge is 2.19. The Balaban J connectivity index is 1.93. The molecular weight excluding hydrogens is 343 g/mol. The van der Waals surface area contributed by atoms with Crippen LogP contribution >= 0.6 is 23.2 Å². The van der Waals surface area contributed by atoms with Gasteiger partial charge >= 0.3 is 0 Å². The molecule has 5 heteroatoms. The molecule has 1 aromatic heterocycles. The first kappa shape index (κ1) is 16.5. The zero-order chi connectivity index (χ0) is 16.9. The van der Waals surface area contributed by atoms with Crippen molar-refractivity contribution in [2.75, 3.05) is 0 Å². The summed E-state index contributed by atoms with van der Waals surface area (Å²) >= 11 is 12.0. The van der Waals surface area contributed by atoms with Crippen LogP contribution < -0.4 is 5.32 Å². The molecule has 1 unspecified atom stereocenters. The monoisotopic (exact) mass is 356 g/mol. The van der Waals surface area contributed by atoms with Crippen molar-refractivity contribution in [3.8, 4) is 0 Å². The second-order valence-electron chi connectivity index (χ2n) is 5.23. The Hall–Kier alpha value is -2.36. The molecule has 120 valence electrons. The normalized spacial score (nSPS) is 11.8. The molecule has 24 heavy (non-hydrogen) atoms. The second kappa shape index (κ2) is 7.47. The van der Waals surface area contributed by atoms with E-state index in [0.29, 0.717) is 15.6 Å². The van der Waals surface area contributed by atoms with Crippen LogP contribution in [-0.4, -0.2) is 10.9 Å². The Labute approximate surface area is 150 Å². The number of rotatable bonds is 4. The van der Waals surface area contributed by atoms with Gasteiger partial charge in [0.2, 0.25) is 0 Å². The van der Waals surface area contributed by atoms with Gasteiger partial charge in [-0.25, -0.2) is 0 Å². The summed E-state index contributed by atoms with van der Waals surface area (Å²) in [5.41, 5.74) is 2.10. The number of amides is 1. The highest BCUT2D eigenvalue weighted by molar-refractivity contribution is 6.35. The van der Waals surface area contributed by atoms with Crippen molar-refractivity contribution in [1.29, 1.82) is 0 Å². The van der Waals surface area contributed by atoms with Crippen molar-refractivity contribution in [3.63, 3.8) is 0 Å². The van der Waals surface area contributed by atoms with Crippen molar-refractivity contribution in [2.45, 2.75) is 6.04 Å². The fourth-order valence-electron chi connectivity index (χ4n) is 2.42. The van der Waals surface area contributed by atoms with E-state index in [9.17, 15) is 4.79 Å². The summed E-state index contributed by atoms with van der Waals surface area (Å²) in [7, 11) is 0. The Kier molecular flexibility index (Phi) is 5.14. The Bertz CT molecular complexity index is 779. The number of nitrogens with one attached hydrogen (secondary N) is 1. The number of nitrogens with zero attached hydrogens (tertiary/aromatic N) is 1. The van der Waals surface area contributed by atoms with Gasteiger partial charge in [0.15, 0.2) is 0 Å². The fraction of sp³-hybridized carbons (Fsp3) is 0.0526. The Morgan fingerprint density at radius 3 is 2.21 bits per heavy atom. The van der Waals surface area contributed by atoms with E-state index in [0.717, 1.165) is 11.3 Å². The quantitative estimate of drug-likeness (QED) is 0.721. The molecule has 3 nitrogen and oxygen atoms in total. The number of benzene rings is 2. The van der Waals surface area contributed by atoms with E-state index in [4.69, 9.17) is 23.2 Å². The largest absolute Gasteiger partial charge is 0.340 e. The topological polar surface area (TPSA) is 42.0 Å². The van der Waals surface area contributed by atoms with Crippen molar-refractivity contribution >= 4 is 29.1 Å². The standard InChI is InChI=1S/C19H14Cl2N2O/c20-15-10-14(11-16(21)12-15)19(24)23-18(13-6-2-1-3-7-13)17-8-4-5-9-22-17/h1-12,18H,(H,23,24). The molecule has 0 bridgehead atoms. The Morgan fingerprint density at radius 2 is 1.58 bits per heavy atom. The third kappa shape index (κ3) is 3.94. The molecule has 1 amide bonds. The molecule has 0 aliphatic heterocycles. The molecule has 2 aromatic carbocycles. The van der Waals surface area contributed by atoms with Gasteiger partial charge in [0.05, 0.1) is 11.7 Å². The van der Waals surface area contributed by atoms with Gasteiger partial charge in [-0.15, -0.1) is 0 Å². The predicted octanol–water partition coefficient (Wildman–Crippen LogP) is 4.91. The maximum Gasteiger partial charge on any atom is 0.252 e. The maximum atomic E-state index is 12.6. The minimum atomic E-state index is -0.363. The minimum Gasteiger partial charge on any atom is -0.340 e. The average molecular weight is 357 g/mol. The average Bonchev–Trinajstić information content (AvgIpc) is 2.60. The number of pyridine rings is 1. The zero-order valence-corrected chi connectivity index (χ0v) is 14.1. The number of aromatic nitrogens is 1. The first-order valence-corrected chi connectivity index (χ1v) is 8.12. The summed E-state index contributed by atoms with van der Waals surface area (Å²) in [4.78, 5) is 17.0. The van der Waals surface area contributed by atoms with Gasteiger partial charge in [-0.2, -0.15) is 0 Å². The van der Waals surface area contributed by atoms with E-state index in [-0.39, 0.29) is 11.9 Å². The molecule has 0 aliphatic rings. The van der Waals surface area contributed by atoms with E-state index in [1.54, 1.807) is 24.4 Å². The molecule has 0 radical (unpaired) electrons. The molecule has 3 rings (SSSR count). The van der Waals surface area contributed by atoms with Crippen LogP contribution in [0.3, 0.4) is 0 Å². The van der Waals surface area contributed by atoms with Crippen molar-refractivity contribution in [1.82, 2.24) is 10.3 Å². The van der Waals surface area contributed by atoms with E-state index in [2.05, 4.69) is 10.3 Å². The maximum absolute atomic E-state index is 12.6. The second-order valence-corrected chi connectivity index (χ2v) is 6.10. The molecule has 0 aliphatic carbocycles. The van der Waals surface area contributed by atoms with E-state index in [1.807, 2.05) is 48.5 Å². The molecular formula is C19H14Cl2N2O. The fourth-order valence-corrected chi connectivity index (χ4v) is 2.95. The van der Waals surface area contributed by atoms with E-state index < -0.39 is 0 Å². The number of carbonyl (C=O) groups excluding carboxylic acids is 1. The van der Waals surface area contributed by atoms with Gasteiger partial charge in [0.1, 0.15) is 0 Å². The van der Waals surface area contributed by atoms with Gasteiger partial charge in [-0.05, 0) is 35.9 Å². The third-order valence-corrected chi connectivity index (χ3v) is 3.95. The summed E-state index contributed by atoms with van der Waals surface area (Å²) in [5, 5.41) is 3.84. The highest BCUT2D eigenvalue weighted by atomic mass is 35.5. The van der Waals surface area contributed by atoms with Crippen molar-refractivity contribution < 1.29 is 4.79 Å². The molecule has 0 saturated heterocycles. The lowest BCUT2D eigenvalue weighted by Gasteiger charge is -2.19. The van der Waals surface area contributed by atoms with Crippen LogP contribution in [0.2, 0.25) is 10.0 Å². The van der Waals surface area contributed by atoms with Crippen LogP contribution in [0.1, 0.15) is 27.7 Å². The van der Waals surface area contributed by atoms with Gasteiger partial charge in [0.25, 0.3) is 5.91 Å². The van der Waals surface area contributed by atoms with Gasteiger partial charge in [0, 0.05) is 21.8 Å². The van der Waals surface area contributed by atoms with Crippen LogP contribution in [0, 0.1) is 0 Å². The molecule has 3 aromatic rings. The van der Waals surface area contributed by atoms with Gasteiger partial charge in [-0.1, -0.05) is 59.6 Å². The predicted molar refractivity (Wildman–Crippen MR) is 96.5 cm³/mol. The third-order valence-electron chi connectivity index (χ3n) is 3.52. The van der Waals surface area contributed by atoms with Gasteiger partial charge in [-0.3, -0.25) is 9.78 Å². The van der Waals surface area contributed by atoms with Crippen molar-refractivity contribution in [2.24, 2.45) is 0 Å². The van der Waals surface area contributed by atoms with Crippen LogP contribution in [-0.2, 0) is 0 Å². The molecule has 0 saturated carbocycles. The van der Waals surface area contributed by atoms with Gasteiger partial charge < -0.3 is 5.32 Å². The molecule has 0 fully saturated rings. The molecule has 1 atom stereocenters. The number of carbonyl (C=O) groups is 1. The lowest BCUT2D eigenvalue weighted by atomic mass is 10.0. The molecule has 0 spiro atoms. The summed E-state index contributed by atoms with van der Waals surface area (Å²) in [5.74, 6) is -0.265. The molecule has 1 heterocycles. The molecule has 1 N–H and O–H groups in total. The summed E-state index contributed by atoms with van der Waals surface area (Å²) in [6.07, 6.45) is 1.70. The highest BCUT2D eigenvalue weighted by Crippen LogP contribution is 2.23. The zero-order valence-electron chi connectivity index (χ0n) is 12.6. The van der Waals surface area contributed by atoms with Crippen LogP contribution in [0.4, 0.5) is 0 Å². The van der Waals surface area contributed by atoms with Crippen LogP contribution in [0.15, 0.2) is 72.9 Å². The van der Waals surface area contributed by atoms with E-state index in [1.165, 1.54) is 0 Å². The van der Waals surface area contributed by atoms with Crippen LogP contribution in [0.25, 0.3) is 0 Å². The number of hydrogen-bond donors (Lipinski definition) is 1.